The van der Waals surface area contributed by atoms with E-state index in [0.717, 1.165) is 0 Å². The van der Waals surface area contributed by atoms with Crippen molar-refractivity contribution in [3.63, 3.8) is 0 Å². The van der Waals surface area contributed by atoms with Crippen LogP contribution in [-0.2, 0) is 0 Å². The first-order valence-corrected chi connectivity index (χ1v) is 3.04. The average Bonchev–Trinajstić information content (AvgIpc) is 2.31. The summed E-state index contributed by atoms with van der Waals surface area (Å²) in [7, 11) is 0. The minimum atomic E-state index is -0.420. The molecule has 0 aromatic carbocycles. The van der Waals surface area contributed by atoms with Crippen molar-refractivity contribution in [2.45, 2.75) is 0 Å². The molecule has 0 aliphatic carbocycles. The first-order chi connectivity index (χ1) is 5.27. The number of aromatic nitrogens is 3. The van der Waals surface area contributed by atoms with Crippen LogP contribution in [-0.4, -0.2) is 14.6 Å². The molecule has 0 radical (unpaired) electrons. The number of rotatable bonds is 0. The number of hydrogen-bond acceptors (Lipinski definition) is 3. The standard InChI is InChI=1S/C6H5FN4/c7-4-2-1-3-11-5(4)9-6(8)10-11/h1-3H,(H2,8,10). The molecule has 0 amide bonds. The first kappa shape index (κ1) is 6.09. The highest BCUT2D eigenvalue weighted by atomic mass is 19.1. The molecule has 5 heteroatoms. The summed E-state index contributed by atoms with van der Waals surface area (Å²) in [5, 5.41) is 3.72. The summed E-state index contributed by atoms with van der Waals surface area (Å²) in [6.07, 6.45) is 1.59. The highest BCUT2D eigenvalue weighted by molar-refractivity contribution is 5.42. The van der Waals surface area contributed by atoms with Crippen LogP contribution in [0, 0.1) is 5.82 Å². The fourth-order valence-electron chi connectivity index (χ4n) is 0.890. The molecule has 2 aromatic heterocycles. The van der Waals surface area contributed by atoms with Crippen molar-refractivity contribution in [2.75, 3.05) is 5.73 Å². The maximum Gasteiger partial charge on any atom is 0.240 e. The van der Waals surface area contributed by atoms with Crippen molar-refractivity contribution in [1.82, 2.24) is 14.6 Å². The molecule has 0 atom stereocenters. The average molecular weight is 152 g/mol. The van der Waals surface area contributed by atoms with Gasteiger partial charge in [-0.2, -0.15) is 4.98 Å². The third-order valence-corrected chi connectivity index (χ3v) is 1.33. The first-order valence-electron chi connectivity index (χ1n) is 3.04. The summed E-state index contributed by atoms with van der Waals surface area (Å²) in [4.78, 5) is 3.67. The predicted molar refractivity (Wildman–Crippen MR) is 37.4 cm³/mol. The Labute approximate surface area is 61.5 Å². The molecule has 56 valence electrons. The van der Waals surface area contributed by atoms with Gasteiger partial charge in [-0.3, -0.25) is 0 Å². The van der Waals surface area contributed by atoms with E-state index in [1.54, 1.807) is 6.20 Å². The summed E-state index contributed by atoms with van der Waals surface area (Å²) >= 11 is 0. The lowest BCUT2D eigenvalue weighted by Crippen LogP contribution is -1.89. The molecule has 4 nitrogen and oxygen atoms in total. The van der Waals surface area contributed by atoms with Crippen molar-refractivity contribution in [3.8, 4) is 0 Å². The Morgan fingerprint density at radius 3 is 3.09 bits per heavy atom. The summed E-state index contributed by atoms with van der Waals surface area (Å²) in [5.41, 5.74) is 5.41. The van der Waals surface area contributed by atoms with Gasteiger partial charge in [0.1, 0.15) is 0 Å². The molecule has 0 aliphatic rings. The fraction of sp³-hybridized carbons (Fsp3) is 0. The molecule has 0 aliphatic heterocycles. The van der Waals surface area contributed by atoms with Gasteiger partial charge in [-0.05, 0) is 12.1 Å². The van der Waals surface area contributed by atoms with Crippen LogP contribution < -0.4 is 5.73 Å². The molecule has 0 saturated carbocycles. The molecular formula is C6H5FN4. The van der Waals surface area contributed by atoms with Crippen LogP contribution in [0.5, 0.6) is 0 Å². The maximum absolute atomic E-state index is 12.8. The highest BCUT2D eigenvalue weighted by Crippen LogP contribution is 2.06. The molecule has 2 rings (SSSR count). The third kappa shape index (κ3) is 0.813. The number of fused-ring (bicyclic) bond motifs is 1. The lowest BCUT2D eigenvalue weighted by Gasteiger charge is -1.88. The Kier molecular flexibility index (Phi) is 1.06. The number of halogens is 1. The highest BCUT2D eigenvalue weighted by Gasteiger charge is 2.03. The van der Waals surface area contributed by atoms with Gasteiger partial charge in [0.05, 0.1) is 0 Å². The van der Waals surface area contributed by atoms with Gasteiger partial charge in [0.2, 0.25) is 5.95 Å². The van der Waals surface area contributed by atoms with E-state index in [9.17, 15) is 4.39 Å². The van der Waals surface area contributed by atoms with Gasteiger partial charge < -0.3 is 5.73 Å². The Balaban J connectivity index is 2.90. The summed E-state index contributed by atoms with van der Waals surface area (Å²) in [6, 6.07) is 2.85. The minimum Gasteiger partial charge on any atom is -0.366 e. The lowest BCUT2D eigenvalue weighted by atomic mass is 10.5. The number of anilines is 1. The van der Waals surface area contributed by atoms with E-state index < -0.39 is 5.82 Å². The van der Waals surface area contributed by atoms with Crippen LogP contribution in [0.3, 0.4) is 0 Å². The monoisotopic (exact) mass is 152 g/mol. The summed E-state index contributed by atoms with van der Waals surface area (Å²) in [6.45, 7) is 0. The summed E-state index contributed by atoms with van der Waals surface area (Å²) < 4.78 is 14.1. The van der Waals surface area contributed by atoms with E-state index in [-0.39, 0.29) is 11.6 Å². The zero-order chi connectivity index (χ0) is 7.84. The minimum absolute atomic E-state index is 0.0788. The van der Waals surface area contributed by atoms with Crippen molar-refractivity contribution in [3.05, 3.63) is 24.1 Å². The number of nitrogens with zero attached hydrogens (tertiary/aromatic N) is 3. The number of nitrogens with two attached hydrogens (primary N) is 1. The second-order valence-corrected chi connectivity index (χ2v) is 2.09. The van der Waals surface area contributed by atoms with E-state index in [4.69, 9.17) is 5.73 Å². The van der Waals surface area contributed by atoms with Crippen LogP contribution in [0.1, 0.15) is 0 Å². The molecular weight excluding hydrogens is 147 g/mol. The van der Waals surface area contributed by atoms with E-state index in [1.165, 1.54) is 16.6 Å². The van der Waals surface area contributed by atoms with E-state index in [1.807, 2.05) is 0 Å². The molecule has 0 bridgehead atoms. The van der Waals surface area contributed by atoms with Gasteiger partial charge in [-0.25, -0.2) is 8.91 Å². The van der Waals surface area contributed by atoms with Crippen molar-refractivity contribution < 1.29 is 4.39 Å². The molecule has 0 unspecified atom stereocenters. The van der Waals surface area contributed by atoms with E-state index in [2.05, 4.69) is 10.1 Å². The van der Waals surface area contributed by atoms with Crippen molar-refractivity contribution >= 4 is 11.6 Å². The Bertz CT molecular complexity index is 394. The van der Waals surface area contributed by atoms with E-state index in [0.29, 0.717) is 0 Å². The van der Waals surface area contributed by atoms with Gasteiger partial charge in [0.25, 0.3) is 0 Å². The lowest BCUT2D eigenvalue weighted by molar-refractivity contribution is 0.627. The molecule has 2 heterocycles. The number of pyridine rings is 1. The topological polar surface area (TPSA) is 56.2 Å². The molecule has 2 aromatic rings. The fourth-order valence-corrected chi connectivity index (χ4v) is 0.890. The Morgan fingerprint density at radius 2 is 2.36 bits per heavy atom. The van der Waals surface area contributed by atoms with Crippen LogP contribution in [0.15, 0.2) is 18.3 Å². The van der Waals surface area contributed by atoms with Gasteiger partial charge in [-0.1, -0.05) is 0 Å². The normalized spacial score (nSPS) is 10.6. The quantitative estimate of drug-likeness (QED) is 0.596. The second kappa shape index (κ2) is 1.91. The SMILES string of the molecule is Nc1nc2c(F)cccn2n1. The molecule has 2 N–H and O–H groups in total. The third-order valence-electron chi connectivity index (χ3n) is 1.33. The zero-order valence-electron chi connectivity index (χ0n) is 5.53. The van der Waals surface area contributed by atoms with Crippen molar-refractivity contribution in [2.24, 2.45) is 0 Å². The maximum atomic E-state index is 12.8. The van der Waals surface area contributed by atoms with Crippen LogP contribution in [0.25, 0.3) is 5.65 Å². The van der Waals surface area contributed by atoms with Gasteiger partial charge >= 0.3 is 0 Å². The van der Waals surface area contributed by atoms with Crippen molar-refractivity contribution in [1.29, 1.82) is 0 Å². The van der Waals surface area contributed by atoms with Gasteiger partial charge in [0, 0.05) is 6.20 Å². The zero-order valence-corrected chi connectivity index (χ0v) is 5.53. The number of hydrogen-bond donors (Lipinski definition) is 1. The Morgan fingerprint density at radius 1 is 1.55 bits per heavy atom. The van der Waals surface area contributed by atoms with Gasteiger partial charge in [0.15, 0.2) is 11.5 Å². The molecule has 0 saturated heterocycles. The van der Waals surface area contributed by atoms with Crippen LogP contribution in [0.4, 0.5) is 10.3 Å². The van der Waals surface area contributed by atoms with E-state index >= 15 is 0 Å². The van der Waals surface area contributed by atoms with Gasteiger partial charge in [-0.15, -0.1) is 5.10 Å². The molecule has 0 spiro atoms. The predicted octanol–water partition coefficient (Wildman–Crippen LogP) is 0.451. The molecule has 0 fully saturated rings. The van der Waals surface area contributed by atoms with Crippen LogP contribution >= 0.6 is 0 Å². The molecule has 11 heavy (non-hydrogen) atoms. The largest absolute Gasteiger partial charge is 0.366 e. The Hall–Kier alpha value is -1.65. The summed E-state index contributed by atoms with van der Waals surface area (Å²) in [5.74, 6) is -0.341. The second-order valence-electron chi connectivity index (χ2n) is 2.09. The number of nitrogen functional groups attached to an aromatic ring is 1. The van der Waals surface area contributed by atoms with Crippen LogP contribution in [0.2, 0.25) is 0 Å². The smallest absolute Gasteiger partial charge is 0.240 e.